The van der Waals surface area contributed by atoms with E-state index in [-0.39, 0.29) is 18.5 Å². The SMILES string of the molecule is CCOc1ccc(NC(=O)CC(C)(C)CC(=O)O)c(F)c1. The molecule has 0 radical (unpaired) electrons. The number of benzene rings is 1. The van der Waals surface area contributed by atoms with E-state index < -0.39 is 23.1 Å². The first-order valence-corrected chi connectivity index (χ1v) is 6.67. The molecule has 0 bridgehead atoms. The lowest BCUT2D eigenvalue weighted by Gasteiger charge is -2.21. The summed E-state index contributed by atoms with van der Waals surface area (Å²) in [5.74, 6) is -1.60. The third-order valence-electron chi connectivity index (χ3n) is 2.79. The molecule has 2 N–H and O–H groups in total. The molecule has 0 aromatic heterocycles. The number of hydrogen-bond donors (Lipinski definition) is 2. The van der Waals surface area contributed by atoms with Crippen molar-refractivity contribution < 1.29 is 23.8 Å². The van der Waals surface area contributed by atoms with Crippen molar-refractivity contribution in [2.45, 2.75) is 33.6 Å². The van der Waals surface area contributed by atoms with Gasteiger partial charge in [0.2, 0.25) is 5.91 Å². The summed E-state index contributed by atoms with van der Waals surface area (Å²) in [5, 5.41) is 11.2. The largest absolute Gasteiger partial charge is 0.494 e. The van der Waals surface area contributed by atoms with Gasteiger partial charge in [0.15, 0.2) is 0 Å². The summed E-state index contributed by atoms with van der Waals surface area (Å²) in [6.07, 6.45) is -0.141. The number of carbonyl (C=O) groups excluding carboxylic acids is 1. The van der Waals surface area contributed by atoms with E-state index in [1.807, 2.05) is 0 Å². The van der Waals surface area contributed by atoms with Gasteiger partial charge in [0.05, 0.1) is 18.7 Å². The minimum atomic E-state index is -0.972. The van der Waals surface area contributed by atoms with E-state index in [2.05, 4.69) is 5.32 Å². The Labute approximate surface area is 123 Å². The highest BCUT2D eigenvalue weighted by Crippen LogP contribution is 2.26. The molecule has 0 saturated heterocycles. The van der Waals surface area contributed by atoms with E-state index in [4.69, 9.17) is 9.84 Å². The molecule has 1 rings (SSSR count). The number of anilines is 1. The molecule has 0 spiro atoms. The van der Waals surface area contributed by atoms with Crippen LogP contribution in [0.2, 0.25) is 0 Å². The van der Waals surface area contributed by atoms with Crippen molar-refractivity contribution in [3.8, 4) is 5.75 Å². The molecule has 0 aliphatic heterocycles. The van der Waals surface area contributed by atoms with Crippen LogP contribution in [0.3, 0.4) is 0 Å². The van der Waals surface area contributed by atoms with Crippen molar-refractivity contribution in [2.24, 2.45) is 5.41 Å². The van der Waals surface area contributed by atoms with Crippen LogP contribution in [0.4, 0.5) is 10.1 Å². The number of aliphatic carboxylic acids is 1. The Hall–Kier alpha value is -2.11. The van der Waals surface area contributed by atoms with Crippen LogP contribution in [0.15, 0.2) is 18.2 Å². The number of carboxylic acid groups (broad SMARTS) is 1. The molecule has 21 heavy (non-hydrogen) atoms. The standard InChI is InChI=1S/C15H20FNO4/c1-4-21-10-5-6-12(11(16)7-10)17-13(18)8-15(2,3)9-14(19)20/h5-7H,4,8-9H2,1-3H3,(H,17,18)(H,19,20). The number of hydrogen-bond acceptors (Lipinski definition) is 3. The first kappa shape index (κ1) is 16.9. The molecule has 6 heteroatoms. The topological polar surface area (TPSA) is 75.6 Å². The van der Waals surface area contributed by atoms with Crippen LogP contribution in [-0.4, -0.2) is 23.6 Å². The van der Waals surface area contributed by atoms with E-state index in [1.54, 1.807) is 26.8 Å². The van der Waals surface area contributed by atoms with Gasteiger partial charge in [0.25, 0.3) is 0 Å². The highest BCUT2D eigenvalue weighted by Gasteiger charge is 2.25. The molecule has 5 nitrogen and oxygen atoms in total. The molecule has 0 heterocycles. The van der Waals surface area contributed by atoms with Gasteiger partial charge in [-0.25, -0.2) is 4.39 Å². The first-order chi connectivity index (χ1) is 9.73. The van der Waals surface area contributed by atoms with E-state index in [0.717, 1.165) is 0 Å². The minimum absolute atomic E-state index is 0.00798. The monoisotopic (exact) mass is 297 g/mol. The van der Waals surface area contributed by atoms with Gasteiger partial charge in [0.1, 0.15) is 11.6 Å². The summed E-state index contributed by atoms with van der Waals surface area (Å²) in [7, 11) is 0. The van der Waals surface area contributed by atoms with Crippen molar-refractivity contribution in [3.63, 3.8) is 0 Å². The summed E-state index contributed by atoms with van der Waals surface area (Å²) in [6.45, 7) is 5.57. The summed E-state index contributed by atoms with van der Waals surface area (Å²) >= 11 is 0. The van der Waals surface area contributed by atoms with Crippen molar-refractivity contribution in [1.29, 1.82) is 0 Å². The van der Waals surface area contributed by atoms with Crippen LogP contribution in [0, 0.1) is 11.2 Å². The minimum Gasteiger partial charge on any atom is -0.494 e. The number of nitrogens with one attached hydrogen (secondary N) is 1. The molecule has 0 fully saturated rings. The Morgan fingerprint density at radius 1 is 1.33 bits per heavy atom. The fourth-order valence-electron chi connectivity index (χ4n) is 1.95. The summed E-state index contributed by atoms with van der Waals surface area (Å²) in [4.78, 5) is 22.6. The van der Waals surface area contributed by atoms with E-state index in [0.29, 0.717) is 12.4 Å². The number of amides is 1. The number of carbonyl (C=O) groups is 2. The Morgan fingerprint density at radius 2 is 2.00 bits per heavy atom. The van der Waals surface area contributed by atoms with E-state index >= 15 is 0 Å². The molecule has 0 aliphatic rings. The van der Waals surface area contributed by atoms with Gasteiger partial charge in [-0.3, -0.25) is 9.59 Å². The Balaban J connectivity index is 2.68. The van der Waals surface area contributed by atoms with Gasteiger partial charge in [-0.2, -0.15) is 0 Å². The Morgan fingerprint density at radius 3 is 2.52 bits per heavy atom. The average Bonchev–Trinajstić information content (AvgIpc) is 2.30. The predicted molar refractivity (Wildman–Crippen MR) is 76.8 cm³/mol. The van der Waals surface area contributed by atoms with Crippen LogP contribution >= 0.6 is 0 Å². The second kappa shape index (κ2) is 7.06. The molecular formula is C15H20FNO4. The van der Waals surface area contributed by atoms with E-state index in [9.17, 15) is 14.0 Å². The van der Waals surface area contributed by atoms with Gasteiger partial charge in [-0.1, -0.05) is 13.8 Å². The van der Waals surface area contributed by atoms with Crippen LogP contribution in [-0.2, 0) is 9.59 Å². The third-order valence-corrected chi connectivity index (χ3v) is 2.79. The lowest BCUT2D eigenvalue weighted by atomic mass is 9.85. The van der Waals surface area contributed by atoms with Gasteiger partial charge >= 0.3 is 5.97 Å². The maximum Gasteiger partial charge on any atom is 0.303 e. The number of ether oxygens (including phenoxy) is 1. The molecule has 0 saturated carbocycles. The fraction of sp³-hybridized carbons (Fsp3) is 0.467. The van der Waals surface area contributed by atoms with Gasteiger partial charge in [-0.15, -0.1) is 0 Å². The van der Waals surface area contributed by atoms with Crippen LogP contribution in [0.1, 0.15) is 33.6 Å². The maximum atomic E-state index is 13.8. The number of carboxylic acids is 1. The van der Waals surface area contributed by atoms with Crippen LogP contribution < -0.4 is 10.1 Å². The summed E-state index contributed by atoms with van der Waals surface area (Å²) in [5.41, 5.74) is -0.646. The highest BCUT2D eigenvalue weighted by molar-refractivity contribution is 5.91. The fourth-order valence-corrected chi connectivity index (χ4v) is 1.95. The molecular weight excluding hydrogens is 277 g/mol. The average molecular weight is 297 g/mol. The van der Waals surface area contributed by atoms with Crippen LogP contribution in [0.25, 0.3) is 0 Å². The smallest absolute Gasteiger partial charge is 0.303 e. The second-order valence-electron chi connectivity index (χ2n) is 5.53. The first-order valence-electron chi connectivity index (χ1n) is 6.67. The molecule has 1 aromatic rings. The van der Waals surface area contributed by atoms with E-state index in [1.165, 1.54) is 12.1 Å². The number of rotatable bonds is 7. The quantitative estimate of drug-likeness (QED) is 0.811. The number of halogens is 1. The molecule has 0 atom stereocenters. The van der Waals surface area contributed by atoms with Gasteiger partial charge < -0.3 is 15.2 Å². The lowest BCUT2D eigenvalue weighted by Crippen LogP contribution is -2.25. The third kappa shape index (κ3) is 5.81. The Kier molecular flexibility index (Phi) is 5.69. The molecule has 0 aliphatic carbocycles. The normalized spacial score (nSPS) is 11.0. The van der Waals surface area contributed by atoms with Crippen molar-refractivity contribution in [3.05, 3.63) is 24.0 Å². The predicted octanol–water partition coefficient (Wildman–Crippen LogP) is 3.05. The maximum absolute atomic E-state index is 13.8. The zero-order valence-electron chi connectivity index (χ0n) is 12.4. The molecule has 0 unspecified atom stereocenters. The zero-order chi connectivity index (χ0) is 16.0. The summed E-state index contributed by atoms with van der Waals surface area (Å²) < 4.78 is 18.9. The van der Waals surface area contributed by atoms with Crippen LogP contribution in [0.5, 0.6) is 5.75 Å². The van der Waals surface area contributed by atoms with Gasteiger partial charge in [-0.05, 0) is 24.5 Å². The second-order valence-corrected chi connectivity index (χ2v) is 5.53. The van der Waals surface area contributed by atoms with Gasteiger partial charge in [0, 0.05) is 12.5 Å². The highest BCUT2D eigenvalue weighted by atomic mass is 19.1. The zero-order valence-corrected chi connectivity index (χ0v) is 12.4. The molecule has 116 valence electrons. The van der Waals surface area contributed by atoms with Crippen molar-refractivity contribution >= 4 is 17.6 Å². The van der Waals surface area contributed by atoms with Crippen molar-refractivity contribution in [1.82, 2.24) is 0 Å². The Bertz CT molecular complexity index is 528. The van der Waals surface area contributed by atoms with Crippen molar-refractivity contribution in [2.75, 3.05) is 11.9 Å². The molecule has 1 amide bonds. The molecule has 1 aromatic carbocycles. The lowest BCUT2D eigenvalue weighted by molar-refractivity contribution is -0.139. The summed E-state index contributed by atoms with van der Waals surface area (Å²) in [6, 6.07) is 4.18.